The molecule has 2 atom stereocenters. The summed E-state index contributed by atoms with van der Waals surface area (Å²) in [6.07, 6.45) is -0.226. The first-order valence-electron chi connectivity index (χ1n) is 5.27. The highest BCUT2D eigenvalue weighted by Crippen LogP contribution is 2.28. The van der Waals surface area contributed by atoms with Gasteiger partial charge in [0.05, 0.1) is 0 Å². The molecule has 4 nitrogen and oxygen atoms in total. The Kier molecular flexibility index (Phi) is 3.76. The van der Waals surface area contributed by atoms with E-state index in [2.05, 4.69) is 10.2 Å². The summed E-state index contributed by atoms with van der Waals surface area (Å²) >= 11 is 6.26. The van der Waals surface area contributed by atoms with Gasteiger partial charge in [-0.25, -0.2) is 0 Å². The molecule has 2 rings (SSSR count). The van der Waals surface area contributed by atoms with Gasteiger partial charge in [-0.2, -0.15) is 0 Å². The van der Waals surface area contributed by atoms with Crippen LogP contribution in [0.2, 0.25) is 0 Å². The molecule has 0 N–H and O–H groups in total. The van der Waals surface area contributed by atoms with Crippen LogP contribution >= 0.6 is 11.6 Å². The number of methoxy groups -OCH3 is 1. The summed E-state index contributed by atoms with van der Waals surface area (Å²) in [6, 6.07) is 9.60. The summed E-state index contributed by atoms with van der Waals surface area (Å²) in [4.78, 5) is 0. The molecule has 1 heterocycles. The van der Waals surface area contributed by atoms with Crippen molar-refractivity contribution in [2.75, 3.05) is 7.11 Å². The molecular formula is C12H13ClN2O2. The minimum atomic E-state index is -0.429. The number of halogens is 1. The smallest absolute Gasteiger partial charge is 0.244 e. The lowest BCUT2D eigenvalue weighted by molar-refractivity contribution is 0.0936. The van der Waals surface area contributed by atoms with Crippen LogP contribution in [0.25, 0.3) is 0 Å². The summed E-state index contributed by atoms with van der Waals surface area (Å²) in [5.74, 6) is 0.820. The van der Waals surface area contributed by atoms with E-state index in [-0.39, 0.29) is 6.10 Å². The standard InChI is InChI=1S/C12H13ClN2O2/c1-8(16-2)11-14-15-12(17-11)10(13)9-6-4-3-5-7-9/h3-8,10H,1-2H3. The zero-order chi connectivity index (χ0) is 12.3. The maximum Gasteiger partial charge on any atom is 0.244 e. The van der Waals surface area contributed by atoms with Crippen LogP contribution in [-0.2, 0) is 4.74 Å². The number of alkyl halides is 1. The van der Waals surface area contributed by atoms with Gasteiger partial charge in [-0.15, -0.1) is 21.8 Å². The monoisotopic (exact) mass is 252 g/mol. The maximum absolute atomic E-state index is 6.26. The van der Waals surface area contributed by atoms with Crippen LogP contribution in [0.1, 0.15) is 35.7 Å². The van der Waals surface area contributed by atoms with Crippen molar-refractivity contribution in [2.45, 2.75) is 18.4 Å². The third-order valence-corrected chi connectivity index (χ3v) is 2.91. The van der Waals surface area contributed by atoms with E-state index in [4.69, 9.17) is 20.8 Å². The quantitative estimate of drug-likeness (QED) is 0.785. The molecule has 0 aliphatic heterocycles. The SMILES string of the molecule is COC(C)c1nnc(C(Cl)c2ccccc2)o1. The number of aromatic nitrogens is 2. The fourth-order valence-electron chi connectivity index (χ4n) is 1.38. The average Bonchev–Trinajstić information content (AvgIpc) is 2.87. The third-order valence-electron chi connectivity index (χ3n) is 2.47. The van der Waals surface area contributed by atoms with Crippen LogP contribution in [0.3, 0.4) is 0 Å². The minimum absolute atomic E-state index is 0.226. The molecule has 0 aliphatic carbocycles. The molecular weight excluding hydrogens is 240 g/mol. The lowest BCUT2D eigenvalue weighted by Crippen LogP contribution is -1.95. The molecule has 0 spiro atoms. The highest BCUT2D eigenvalue weighted by Gasteiger charge is 2.20. The van der Waals surface area contributed by atoms with Gasteiger partial charge in [-0.3, -0.25) is 0 Å². The Hall–Kier alpha value is -1.39. The van der Waals surface area contributed by atoms with Crippen LogP contribution < -0.4 is 0 Å². The largest absolute Gasteiger partial charge is 0.420 e. The van der Waals surface area contributed by atoms with Crippen molar-refractivity contribution in [3.63, 3.8) is 0 Å². The molecule has 0 bridgehead atoms. The molecule has 2 unspecified atom stereocenters. The van der Waals surface area contributed by atoms with Gasteiger partial charge in [-0.1, -0.05) is 30.3 Å². The summed E-state index contributed by atoms with van der Waals surface area (Å²) in [5, 5.41) is 7.41. The maximum atomic E-state index is 6.26. The van der Waals surface area contributed by atoms with E-state index in [1.54, 1.807) is 7.11 Å². The first-order chi connectivity index (χ1) is 8.22. The van der Waals surface area contributed by atoms with Crippen LogP contribution in [0.15, 0.2) is 34.7 Å². The topological polar surface area (TPSA) is 48.2 Å². The number of ether oxygens (including phenoxy) is 1. The van der Waals surface area contributed by atoms with Gasteiger partial charge in [0.2, 0.25) is 11.8 Å². The van der Waals surface area contributed by atoms with Crippen molar-refractivity contribution < 1.29 is 9.15 Å². The van der Waals surface area contributed by atoms with Crippen molar-refractivity contribution >= 4 is 11.6 Å². The van der Waals surface area contributed by atoms with Gasteiger partial charge in [0.25, 0.3) is 0 Å². The van der Waals surface area contributed by atoms with Crippen LogP contribution in [0.5, 0.6) is 0 Å². The Morgan fingerprint density at radius 3 is 2.47 bits per heavy atom. The Balaban J connectivity index is 2.20. The number of hydrogen-bond donors (Lipinski definition) is 0. The molecule has 0 saturated carbocycles. The van der Waals surface area contributed by atoms with Gasteiger partial charge in [-0.05, 0) is 12.5 Å². The second-order valence-electron chi connectivity index (χ2n) is 3.63. The Morgan fingerprint density at radius 1 is 1.18 bits per heavy atom. The van der Waals surface area contributed by atoms with Gasteiger partial charge in [0.1, 0.15) is 11.5 Å². The van der Waals surface area contributed by atoms with Gasteiger partial charge in [0, 0.05) is 7.11 Å². The van der Waals surface area contributed by atoms with Crippen LogP contribution in [-0.4, -0.2) is 17.3 Å². The van der Waals surface area contributed by atoms with E-state index in [0.717, 1.165) is 5.56 Å². The number of rotatable bonds is 4. The average molecular weight is 253 g/mol. The lowest BCUT2D eigenvalue weighted by Gasteiger charge is -2.05. The Labute approximate surface area is 105 Å². The van der Waals surface area contributed by atoms with Crippen molar-refractivity contribution in [1.82, 2.24) is 10.2 Å². The number of benzene rings is 1. The second kappa shape index (κ2) is 5.29. The van der Waals surface area contributed by atoms with Gasteiger partial charge in [0.15, 0.2) is 0 Å². The summed E-state index contributed by atoms with van der Waals surface area (Å²) in [5.41, 5.74) is 0.925. The van der Waals surface area contributed by atoms with Crippen molar-refractivity contribution in [3.8, 4) is 0 Å². The molecule has 5 heteroatoms. The Morgan fingerprint density at radius 2 is 1.82 bits per heavy atom. The molecule has 0 saturated heterocycles. The first-order valence-corrected chi connectivity index (χ1v) is 5.71. The van der Waals surface area contributed by atoms with Crippen LogP contribution in [0, 0.1) is 0 Å². The first kappa shape index (κ1) is 12.1. The van der Waals surface area contributed by atoms with Crippen molar-refractivity contribution in [2.24, 2.45) is 0 Å². The molecule has 0 fully saturated rings. The highest BCUT2D eigenvalue weighted by molar-refractivity contribution is 6.22. The van der Waals surface area contributed by atoms with Crippen molar-refractivity contribution in [3.05, 3.63) is 47.7 Å². The molecule has 1 aromatic heterocycles. The second-order valence-corrected chi connectivity index (χ2v) is 4.07. The highest BCUT2D eigenvalue weighted by atomic mass is 35.5. The molecule has 90 valence electrons. The fraction of sp³-hybridized carbons (Fsp3) is 0.333. The number of hydrogen-bond acceptors (Lipinski definition) is 4. The van der Waals surface area contributed by atoms with E-state index in [9.17, 15) is 0 Å². The third kappa shape index (κ3) is 2.65. The Bertz CT molecular complexity index is 472. The van der Waals surface area contributed by atoms with E-state index >= 15 is 0 Å². The predicted octanol–water partition coefficient (Wildman–Crippen LogP) is 3.11. The van der Waals surface area contributed by atoms with E-state index < -0.39 is 5.38 Å². The normalized spacial score (nSPS) is 14.5. The molecule has 0 radical (unpaired) electrons. The van der Waals surface area contributed by atoms with Crippen molar-refractivity contribution in [1.29, 1.82) is 0 Å². The molecule has 0 amide bonds. The van der Waals surface area contributed by atoms with Crippen LogP contribution in [0.4, 0.5) is 0 Å². The molecule has 17 heavy (non-hydrogen) atoms. The minimum Gasteiger partial charge on any atom is -0.420 e. The molecule has 0 aliphatic rings. The van der Waals surface area contributed by atoms with E-state index in [1.807, 2.05) is 37.3 Å². The summed E-state index contributed by atoms with van der Waals surface area (Å²) in [7, 11) is 1.59. The summed E-state index contributed by atoms with van der Waals surface area (Å²) < 4.78 is 10.6. The molecule has 2 aromatic rings. The zero-order valence-corrected chi connectivity index (χ0v) is 10.4. The summed E-state index contributed by atoms with van der Waals surface area (Å²) in [6.45, 7) is 1.84. The number of nitrogens with zero attached hydrogens (tertiary/aromatic N) is 2. The van der Waals surface area contributed by atoms with E-state index in [0.29, 0.717) is 11.8 Å². The lowest BCUT2D eigenvalue weighted by atomic mass is 10.1. The fourth-order valence-corrected chi connectivity index (χ4v) is 1.61. The van der Waals surface area contributed by atoms with Gasteiger partial charge < -0.3 is 9.15 Å². The zero-order valence-electron chi connectivity index (χ0n) is 9.63. The molecule has 1 aromatic carbocycles. The van der Waals surface area contributed by atoms with E-state index in [1.165, 1.54) is 0 Å². The van der Waals surface area contributed by atoms with Gasteiger partial charge >= 0.3 is 0 Å². The predicted molar refractivity (Wildman–Crippen MR) is 63.9 cm³/mol.